The SMILES string of the molecule is COc1ccc(-c2nscc2C(=O)O)cc1OC. The van der Waals surface area contributed by atoms with Crippen molar-refractivity contribution in [2.75, 3.05) is 14.2 Å². The van der Waals surface area contributed by atoms with Gasteiger partial charge in [0.05, 0.1) is 25.5 Å². The number of aromatic carboxylic acids is 1. The summed E-state index contributed by atoms with van der Waals surface area (Å²) < 4.78 is 14.4. The van der Waals surface area contributed by atoms with Crippen molar-refractivity contribution in [3.8, 4) is 22.8 Å². The fraction of sp³-hybridized carbons (Fsp3) is 0.167. The molecule has 1 heterocycles. The minimum Gasteiger partial charge on any atom is -0.493 e. The largest absolute Gasteiger partial charge is 0.493 e. The molecule has 1 N–H and O–H groups in total. The molecule has 2 aromatic rings. The van der Waals surface area contributed by atoms with Crippen LogP contribution in [-0.2, 0) is 0 Å². The van der Waals surface area contributed by atoms with E-state index in [-0.39, 0.29) is 5.56 Å². The number of aromatic nitrogens is 1. The van der Waals surface area contributed by atoms with Gasteiger partial charge in [-0.05, 0) is 29.7 Å². The van der Waals surface area contributed by atoms with Crippen LogP contribution >= 0.6 is 11.5 Å². The Morgan fingerprint density at radius 2 is 2.00 bits per heavy atom. The molecule has 1 aromatic heterocycles. The molecule has 6 heteroatoms. The molecule has 94 valence electrons. The molecule has 2 rings (SSSR count). The molecule has 0 radical (unpaired) electrons. The fourth-order valence-electron chi connectivity index (χ4n) is 1.58. The highest BCUT2D eigenvalue weighted by Crippen LogP contribution is 2.33. The highest BCUT2D eigenvalue weighted by atomic mass is 32.1. The fourth-order valence-corrected chi connectivity index (χ4v) is 2.26. The molecule has 0 amide bonds. The van der Waals surface area contributed by atoms with Gasteiger partial charge in [0.25, 0.3) is 0 Å². The number of nitrogens with zero attached hydrogens (tertiary/aromatic N) is 1. The second-order valence-corrected chi connectivity index (χ2v) is 4.08. The van der Waals surface area contributed by atoms with E-state index < -0.39 is 5.97 Å². The van der Waals surface area contributed by atoms with Gasteiger partial charge >= 0.3 is 5.97 Å². The highest BCUT2D eigenvalue weighted by molar-refractivity contribution is 7.04. The molecule has 0 bridgehead atoms. The summed E-state index contributed by atoms with van der Waals surface area (Å²) >= 11 is 1.11. The summed E-state index contributed by atoms with van der Waals surface area (Å²) in [6.45, 7) is 0. The van der Waals surface area contributed by atoms with Crippen LogP contribution in [0.25, 0.3) is 11.3 Å². The van der Waals surface area contributed by atoms with Crippen LogP contribution in [0.5, 0.6) is 11.5 Å². The van der Waals surface area contributed by atoms with Crippen LogP contribution in [-0.4, -0.2) is 29.7 Å². The minimum atomic E-state index is -0.992. The monoisotopic (exact) mass is 265 g/mol. The minimum absolute atomic E-state index is 0.187. The molecule has 5 nitrogen and oxygen atoms in total. The maximum absolute atomic E-state index is 11.0. The molecule has 1 aromatic carbocycles. The van der Waals surface area contributed by atoms with Crippen LogP contribution in [0.1, 0.15) is 10.4 Å². The van der Waals surface area contributed by atoms with E-state index in [9.17, 15) is 4.79 Å². The lowest BCUT2D eigenvalue weighted by atomic mass is 10.1. The Hall–Kier alpha value is -2.08. The number of carbonyl (C=O) groups is 1. The van der Waals surface area contributed by atoms with Gasteiger partial charge in [-0.25, -0.2) is 4.79 Å². The molecule has 0 spiro atoms. The van der Waals surface area contributed by atoms with E-state index in [1.807, 2.05) is 0 Å². The Balaban J connectivity index is 2.51. The maximum Gasteiger partial charge on any atom is 0.338 e. The third-order valence-electron chi connectivity index (χ3n) is 2.46. The first-order valence-corrected chi connectivity index (χ1v) is 5.91. The number of carboxylic acid groups (broad SMARTS) is 1. The van der Waals surface area contributed by atoms with Crippen LogP contribution in [0.3, 0.4) is 0 Å². The molecule has 0 fully saturated rings. The number of carboxylic acids is 1. The summed E-state index contributed by atoms with van der Waals surface area (Å²) in [5, 5.41) is 10.6. The first-order valence-electron chi connectivity index (χ1n) is 5.07. The maximum atomic E-state index is 11.0. The van der Waals surface area contributed by atoms with Gasteiger partial charge in [-0.2, -0.15) is 4.37 Å². The third kappa shape index (κ3) is 2.14. The molecule has 0 unspecified atom stereocenters. The van der Waals surface area contributed by atoms with Crippen molar-refractivity contribution in [3.63, 3.8) is 0 Å². The van der Waals surface area contributed by atoms with E-state index in [0.29, 0.717) is 22.8 Å². The van der Waals surface area contributed by atoms with E-state index in [1.165, 1.54) is 12.5 Å². The lowest BCUT2D eigenvalue weighted by Gasteiger charge is -2.08. The van der Waals surface area contributed by atoms with Gasteiger partial charge in [0.15, 0.2) is 11.5 Å². The Bertz CT molecular complexity index is 579. The highest BCUT2D eigenvalue weighted by Gasteiger charge is 2.16. The average Bonchev–Trinajstić information content (AvgIpc) is 2.87. The van der Waals surface area contributed by atoms with Crippen LogP contribution in [0.2, 0.25) is 0 Å². The number of hydrogen-bond acceptors (Lipinski definition) is 5. The van der Waals surface area contributed by atoms with Gasteiger partial charge in [0.1, 0.15) is 0 Å². The topological polar surface area (TPSA) is 68.7 Å². The second kappa shape index (κ2) is 5.05. The summed E-state index contributed by atoms with van der Waals surface area (Å²) in [6, 6.07) is 5.18. The Kier molecular flexibility index (Phi) is 3.47. The van der Waals surface area contributed by atoms with Gasteiger partial charge in [-0.3, -0.25) is 0 Å². The molecular weight excluding hydrogens is 254 g/mol. The Morgan fingerprint density at radius 3 is 2.61 bits per heavy atom. The van der Waals surface area contributed by atoms with Crippen LogP contribution < -0.4 is 9.47 Å². The van der Waals surface area contributed by atoms with Gasteiger partial charge in [-0.15, -0.1) is 0 Å². The van der Waals surface area contributed by atoms with E-state index in [4.69, 9.17) is 14.6 Å². The quantitative estimate of drug-likeness (QED) is 0.920. The molecule has 0 aliphatic heterocycles. The number of benzene rings is 1. The second-order valence-electron chi connectivity index (χ2n) is 3.45. The smallest absolute Gasteiger partial charge is 0.338 e. The normalized spacial score (nSPS) is 10.1. The van der Waals surface area contributed by atoms with E-state index in [2.05, 4.69) is 4.37 Å². The van der Waals surface area contributed by atoms with Crippen molar-refractivity contribution < 1.29 is 19.4 Å². The molecule has 0 saturated carbocycles. The average molecular weight is 265 g/mol. The van der Waals surface area contributed by atoms with Crippen LogP contribution in [0, 0.1) is 0 Å². The van der Waals surface area contributed by atoms with Crippen molar-refractivity contribution in [1.82, 2.24) is 4.37 Å². The number of ether oxygens (including phenoxy) is 2. The summed E-state index contributed by atoms with van der Waals surface area (Å²) in [4.78, 5) is 11.0. The number of methoxy groups -OCH3 is 2. The molecule has 0 saturated heterocycles. The summed E-state index contributed by atoms with van der Waals surface area (Å²) in [7, 11) is 3.07. The van der Waals surface area contributed by atoms with Gasteiger partial charge in [0, 0.05) is 10.9 Å². The van der Waals surface area contributed by atoms with E-state index in [1.54, 1.807) is 25.3 Å². The predicted octanol–water partition coefficient (Wildman–Crippen LogP) is 2.53. The lowest BCUT2D eigenvalue weighted by Crippen LogP contribution is -1.97. The zero-order valence-corrected chi connectivity index (χ0v) is 10.7. The summed E-state index contributed by atoms with van der Waals surface area (Å²) in [6.07, 6.45) is 0. The van der Waals surface area contributed by atoms with Crippen molar-refractivity contribution in [3.05, 3.63) is 29.1 Å². The summed E-state index contributed by atoms with van der Waals surface area (Å²) in [5.41, 5.74) is 1.31. The van der Waals surface area contributed by atoms with Crippen molar-refractivity contribution in [2.24, 2.45) is 0 Å². The van der Waals surface area contributed by atoms with Crippen LogP contribution in [0.15, 0.2) is 23.6 Å². The van der Waals surface area contributed by atoms with Crippen molar-refractivity contribution in [1.29, 1.82) is 0 Å². The van der Waals surface area contributed by atoms with Gasteiger partial charge < -0.3 is 14.6 Å². The Labute approximate surface area is 108 Å². The third-order valence-corrected chi connectivity index (χ3v) is 3.09. The summed E-state index contributed by atoms with van der Waals surface area (Å²) in [5.74, 6) is 0.140. The first kappa shape index (κ1) is 12.4. The Morgan fingerprint density at radius 1 is 1.28 bits per heavy atom. The molecule has 18 heavy (non-hydrogen) atoms. The molecule has 0 aliphatic carbocycles. The first-order chi connectivity index (χ1) is 8.67. The molecular formula is C12H11NO4S. The zero-order valence-electron chi connectivity index (χ0n) is 9.84. The number of rotatable bonds is 4. The van der Waals surface area contributed by atoms with Crippen molar-refractivity contribution in [2.45, 2.75) is 0 Å². The number of hydrogen-bond donors (Lipinski definition) is 1. The predicted molar refractivity (Wildman–Crippen MR) is 67.6 cm³/mol. The van der Waals surface area contributed by atoms with Crippen LogP contribution in [0.4, 0.5) is 0 Å². The molecule has 0 aliphatic rings. The van der Waals surface area contributed by atoms with Gasteiger partial charge in [0.2, 0.25) is 0 Å². The standard InChI is InChI=1S/C12H11NO4S/c1-16-9-4-3-7(5-10(9)17-2)11-8(12(14)15)6-18-13-11/h3-6H,1-2H3,(H,14,15). The van der Waals surface area contributed by atoms with Gasteiger partial charge in [-0.1, -0.05) is 0 Å². The van der Waals surface area contributed by atoms with Crippen molar-refractivity contribution >= 4 is 17.5 Å². The van der Waals surface area contributed by atoms with E-state index in [0.717, 1.165) is 11.5 Å². The lowest BCUT2D eigenvalue weighted by molar-refractivity contribution is 0.0698. The zero-order chi connectivity index (χ0) is 13.1. The molecule has 0 atom stereocenters. The van der Waals surface area contributed by atoms with E-state index >= 15 is 0 Å².